The maximum Gasteiger partial charge on any atom is -0.00585 e. The van der Waals surface area contributed by atoms with Crippen LogP contribution in [-0.2, 0) is 0 Å². The lowest BCUT2D eigenvalue weighted by molar-refractivity contribution is 0.737. The molecule has 1 heterocycles. The summed E-state index contributed by atoms with van der Waals surface area (Å²) in [7, 11) is 0. The average molecular weight is 140 g/mol. The topological polar surface area (TPSA) is 0 Å². The summed E-state index contributed by atoms with van der Waals surface area (Å²) in [6.07, 6.45) is 1.25. The largest absolute Gasteiger partial charge is 0.152 e. The van der Waals surface area contributed by atoms with Gasteiger partial charge in [-0.05, 0) is 34.7 Å². The Morgan fingerprint density at radius 2 is 2.44 bits per heavy atom. The molecule has 1 atom stereocenters. The maximum absolute atomic E-state index is 2.27. The SMILES string of the molecule is CC[C@H](C)c1ccsc1. The van der Waals surface area contributed by atoms with Crippen molar-refractivity contribution in [3.05, 3.63) is 22.4 Å². The van der Waals surface area contributed by atoms with Crippen molar-refractivity contribution in [2.45, 2.75) is 26.2 Å². The highest BCUT2D eigenvalue weighted by atomic mass is 32.1. The number of hydrogen-bond donors (Lipinski definition) is 0. The Kier molecular flexibility index (Phi) is 2.29. The third kappa shape index (κ3) is 1.55. The number of rotatable bonds is 2. The minimum absolute atomic E-state index is 0.747. The molecule has 0 nitrogen and oxygen atoms in total. The molecule has 50 valence electrons. The summed E-state index contributed by atoms with van der Waals surface area (Å²) in [5.41, 5.74) is 1.49. The van der Waals surface area contributed by atoms with E-state index in [2.05, 4.69) is 30.7 Å². The Morgan fingerprint density at radius 3 is 2.89 bits per heavy atom. The highest BCUT2D eigenvalue weighted by molar-refractivity contribution is 7.07. The van der Waals surface area contributed by atoms with Crippen molar-refractivity contribution in [3.8, 4) is 0 Å². The lowest BCUT2D eigenvalue weighted by atomic mass is 10.0. The summed E-state index contributed by atoms with van der Waals surface area (Å²) >= 11 is 1.78. The van der Waals surface area contributed by atoms with Crippen LogP contribution in [0.3, 0.4) is 0 Å². The molecule has 0 aromatic carbocycles. The van der Waals surface area contributed by atoms with E-state index in [0.29, 0.717) is 0 Å². The van der Waals surface area contributed by atoms with Gasteiger partial charge in [0.25, 0.3) is 0 Å². The Morgan fingerprint density at radius 1 is 1.67 bits per heavy atom. The van der Waals surface area contributed by atoms with Crippen LogP contribution in [0.15, 0.2) is 16.8 Å². The summed E-state index contributed by atoms with van der Waals surface area (Å²) in [6.45, 7) is 4.49. The van der Waals surface area contributed by atoms with Gasteiger partial charge in [0.15, 0.2) is 0 Å². The second-order valence-corrected chi connectivity index (χ2v) is 3.15. The van der Waals surface area contributed by atoms with Crippen molar-refractivity contribution >= 4 is 11.3 Å². The van der Waals surface area contributed by atoms with E-state index in [0.717, 1.165) is 5.92 Å². The molecule has 1 rings (SSSR count). The molecule has 0 spiro atoms. The van der Waals surface area contributed by atoms with Crippen molar-refractivity contribution in [1.29, 1.82) is 0 Å². The summed E-state index contributed by atoms with van der Waals surface area (Å²) < 4.78 is 0. The van der Waals surface area contributed by atoms with Crippen LogP contribution in [0, 0.1) is 0 Å². The second-order valence-electron chi connectivity index (χ2n) is 2.37. The van der Waals surface area contributed by atoms with Crippen LogP contribution in [0.5, 0.6) is 0 Å². The van der Waals surface area contributed by atoms with Gasteiger partial charge < -0.3 is 0 Å². The van der Waals surface area contributed by atoms with E-state index in [9.17, 15) is 0 Å². The standard InChI is InChI=1S/C8H12S/c1-3-7(2)8-4-5-9-6-8/h4-7H,3H2,1-2H3/t7-/m0/s1. The van der Waals surface area contributed by atoms with Gasteiger partial charge in [0, 0.05) is 0 Å². The van der Waals surface area contributed by atoms with Crippen molar-refractivity contribution in [2.75, 3.05) is 0 Å². The Labute approximate surface area is 60.5 Å². The Hall–Kier alpha value is -0.300. The molecule has 0 aliphatic carbocycles. The van der Waals surface area contributed by atoms with Gasteiger partial charge in [0.1, 0.15) is 0 Å². The van der Waals surface area contributed by atoms with Gasteiger partial charge in [-0.15, -0.1) is 0 Å². The zero-order chi connectivity index (χ0) is 6.69. The first-order valence-electron chi connectivity index (χ1n) is 3.36. The first kappa shape index (κ1) is 6.81. The molecule has 0 saturated heterocycles. The van der Waals surface area contributed by atoms with E-state index < -0.39 is 0 Å². The fraction of sp³-hybridized carbons (Fsp3) is 0.500. The summed E-state index contributed by atoms with van der Waals surface area (Å²) in [4.78, 5) is 0. The van der Waals surface area contributed by atoms with Gasteiger partial charge >= 0.3 is 0 Å². The fourth-order valence-corrected chi connectivity index (χ4v) is 1.57. The van der Waals surface area contributed by atoms with Gasteiger partial charge in [-0.25, -0.2) is 0 Å². The van der Waals surface area contributed by atoms with E-state index >= 15 is 0 Å². The van der Waals surface area contributed by atoms with Crippen LogP contribution in [0.2, 0.25) is 0 Å². The predicted octanol–water partition coefficient (Wildman–Crippen LogP) is 3.26. The van der Waals surface area contributed by atoms with E-state index in [1.54, 1.807) is 11.3 Å². The molecule has 0 unspecified atom stereocenters. The molecule has 0 N–H and O–H groups in total. The van der Waals surface area contributed by atoms with Crippen molar-refractivity contribution in [3.63, 3.8) is 0 Å². The predicted molar refractivity (Wildman–Crippen MR) is 43.0 cm³/mol. The smallest absolute Gasteiger partial charge is 0.00585 e. The van der Waals surface area contributed by atoms with Gasteiger partial charge in [0.2, 0.25) is 0 Å². The highest BCUT2D eigenvalue weighted by Crippen LogP contribution is 2.20. The summed E-state index contributed by atoms with van der Waals surface area (Å²) in [5, 5.41) is 4.37. The van der Waals surface area contributed by atoms with Crippen molar-refractivity contribution in [1.82, 2.24) is 0 Å². The fourth-order valence-electron chi connectivity index (χ4n) is 0.791. The van der Waals surface area contributed by atoms with Crippen LogP contribution in [0.25, 0.3) is 0 Å². The van der Waals surface area contributed by atoms with E-state index in [1.165, 1.54) is 12.0 Å². The van der Waals surface area contributed by atoms with Gasteiger partial charge in [-0.1, -0.05) is 13.8 Å². The zero-order valence-electron chi connectivity index (χ0n) is 5.92. The molecule has 9 heavy (non-hydrogen) atoms. The molecule has 0 saturated carbocycles. The number of thiophene rings is 1. The first-order chi connectivity index (χ1) is 4.34. The molecule has 0 aliphatic heterocycles. The number of hydrogen-bond acceptors (Lipinski definition) is 1. The molecule has 0 amide bonds. The minimum atomic E-state index is 0.747. The van der Waals surface area contributed by atoms with E-state index in [-0.39, 0.29) is 0 Å². The molecule has 0 bridgehead atoms. The van der Waals surface area contributed by atoms with Crippen LogP contribution in [0.1, 0.15) is 31.7 Å². The third-order valence-corrected chi connectivity index (χ3v) is 2.43. The Bertz CT molecular complexity index is 153. The molecule has 0 fully saturated rings. The summed E-state index contributed by atoms with van der Waals surface area (Å²) in [5.74, 6) is 0.747. The molecule has 1 heteroatoms. The van der Waals surface area contributed by atoms with Gasteiger partial charge in [0.05, 0.1) is 0 Å². The van der Waals surface area contributed by atoms with Crippen LogP contribution in [-0.4, -0.2) is 0 Å². The molecular formula is C8H12S. The van der Waals surface area contributed by atoms with Crippen LogP contribution >= 0.6 is 11.3 Å². The molecular weight excluding hydrogens is 128 g/mol. The minimum Gasteiger partial charge on any atom is -0.152 e. The highest BCUT2D eigenvalue weighted by Gasteiger charge is 2.00. The first-order valence-corrected chi connectivity index (χ1v) is 4.31. The second kappa shape index (κ2) is 3.02. The molecule has 1 aromatic rings. The molecule has 0 aliphatic rings. The average Bonchev–Trinajstić information content (AvgIpc) is 2.37. The van der Waals surface area contributed by atoms with E-state index in [4.69, 9.17) is 0 Å². The molecule has 1 aromatic heterocycles. The van der Waals surface area contributed by atoms with Gasteiger partial charge in [-0.2, -0.15) is 11.3 Å². The lowest BCUT2D eigenvalue weighted by Crippen LogP contribution is -1.85. The third-order valence-electron chi connectivity index (χ3n) is 1.72. The van der Waals surface area contributed by atoms with Crippen molar-refractivity contribution < 1.29 is 0 Å². The molecule has 0 radical (unpaired) electrons. The summed E-state index contributed by atoms with van der Waals surface area (Å²) in [6, 6.07) is 2.21. The van der Waals surface area contributed by atoms with Gasteiger partial charge in [-0.3, -0.25) is 0 Å². The monoisotopic (exact) mass is 140 g/mol. The van der Waals surface area contributed by atoms with Crippen LogP contribution < -0.4 is 0 Å². The van der Waals surface area contributed by atoms with Crippen LogP contribution in [0.4, 0.5) is 0 Å². The zero-order valence-corrected chi connectivity index (χ0v) is 6.74. The maximum atomic E-state index is 2.27. The quantitative estimate of drug-likeness (QED) is 0.591. The van der Waals surface area contributed by atoms with E-state index in [1.807, 2.05) is 0 Å². The normalized spacial score (nSPS) is 13.6. The lowest BCUT2D eigenvalue weighted by Gasteiger charge is -2.02. The Balaban J connectivity index is 2.65. The van der Waals surface area contributed by atoms with Crippen molar-refractivity contribution in [2.24, 2.45) is 0 Å².